The highest BCUT2D eigenvalue weighted by Gasteiger charge is 2.31. The molecule has 1 fully saturated rings. The van der Waals surface area contributed by atoms with Gasteiger partial charge in [-0.2, -0.15) is 0 Å². The maximum Gasteiger partial charge on any atom is 0.240 e. The molecule has 0 spiro atoms. The standard InChI is InChI=1S/C22H29N3O/c1-16(2)18-10-8-17(9-11-18)14-20(23)22(26)25-13-4-3-7-21(25)19-6-5-12-24-15-19/h5-6,8-12,15-16,20-21H,3-4,7,13-14,23H2,1-2H3/t20-,21+/m0/s1. The molecule has 1 aliphatic heterocycles. The minimum absolute atomic E-state index is 0.0477. The number of rotatable bonds is 5. The molecule has 138 valence electrons. The second-order valence-corrected chi connectivity index (χ2v) is 7.54. The van der Waals surface area contributed by atoms with Crippen LogP contribution in [0.15, 0.2) is 48.8 Å². The van der Waals surface area contributed by atoms with Gasteiger partial charge in [0, 0.05) is 18.9 Å². The van der Waals surface area contributed by atoms with E-state index in [0.29, 0.717) is 12.3 Å². The minimum atomic E-state index is -0.503. The summed E-state index contributed by atoms with van der Waals surface area (Å²) in [5, 5.41) is 0. The number of nitrogens with two attached hydrogens (primary N) is 1. The summed E-state index contributed by atoms with van der Waals surface area (Å²) in [7, 11) is 0. The average molecular weight is 351 g/mol. The number of amides is 1. The topological polar surface area (TPSA) is 59.2 Å². The second-order valence-electron chi connectivity index (χ2n) is 7.54. The fourth-order valence-corrected chi connectivity index (χ4v) is 3.71. The molecule has 2 atom stereocenters. The molecule has 26 heavy (non-hydrogen) atoms. The Labute approximate surface area is 156 Å². The molecular weight excluding hydrogens is 322 g/mol. The molecule has 0 unspecified atom stereocenters. The van der Waals surface area contributed by atoms with E-state index < -0.39 is 6.04 Å². The van der Waals surface area contributed by atoms with Gasteiger partial charge in [-0.25, -0.2) is 0 Å². The number of carbonyl (C=O) groups excluding carboxylic acids is 1. The number of aromatic nitrogens is 1. The third-order valence-corrected chi connectivity index (χ3v) is 5.27. The number of benzene rings is 1. The summed E-state index contributed by atoms with van der Waals surface area (Å²) in [6.07, 6.45) is 7.37. The number of piperidine rings is 1. The van der Waals surface area contributed by atoms with Crippen LogP contribution in [0.3, 0.4) is 0 Å². The van der Waals surface area contributed by atoms with Gasteiger partial charge in [0.1, 0.15) is 0 Å². The SMILES string of the molecule is CC(C)c1ccc(C[C@H](N)C(=O)N2CCCC[C@@H]2c2cccnc2)cc1. The lowest BCUT2D eigenvalue weighted by atomic mass is 9.94. The molecule has 0 aliphatic carbocycles. The van der Waals surface area contributed by atoms with Crippen LogP contribution in [0, 0.1) is 0 Å². The van der Waals surface area contributed by atoms with Crippen LogP contribution < -0.4 is 5.73 Å². The molecule has 2 N–H and O–H groups in total. The normalized spacial score (nSPS) is 18.8. The first-order chi connectivity index (χ1) is 12.6. The summed E-state index contributed by atoms with van der Waals surface area (Å²) < 4.78 is 0. The van der Waals surface area contributed by atoms with Crippen molar-refractivity contribution in [3.63, 3.8) is 0 Å². The molecule has 4 heteroatoms. The Balaban J connectivity index is 1.69. The van der Waals surface area contributed by atoms with E-state index >= 15 is 0 Å². The van der Waals surface area contributed by atoms with E-state index in [0.717, 1.165) is 36.9 Å². The van der Waals surface area contributed by atoms with Crippen LogP contribution in [0.1, 0.15) is 61.8 Å². The van der Waals surface area contributed by atoms with E-state index in [4.69, 9.17) is 5.73 Å². The third kappa shape index (κ3) is 4.31. The molecule has 0 saturated carbocycles. The maximum atomic E-state index is 13.0. The first-order valence-electron chi connectivity index (χ1n) is 9.61. The Hall–Kier alpha value is -2.20. The number of pyridine rings is 1. The summed E-state index contributed by atoms with van der Waals surface area (Å²) in [4.78, 5) is 19.2. The second kappa shape index (κ2) is 8.45. The molecular formula is C22H29N3O. The van der Waals surface area contributed by atoms with Gasteiger partial charge in [0.15, 0.2) is 0 Å². The van der Waals surface area contributed by atoms with Gasteiger partial charge < -0.3 is 10.6 Å². The van der Waals surface area contributed by atoms with Gasteiger partial charge in [0.05, 0.1) is 12.1 Å². The van der Waals surface area contributed by atoms with Gasteiger partial charge in [-0.3, -0.25) is 9.78 Å². The van der Waals surface area contributed by atoms with Crippen LogP contribution >= 0.6 is 0 Å². The molecule has 2 heterocycles. The number of nitrogens with zero attached hydrogens (tertiary/aromatic N) is 2. The van der Waals surface area contributed by atoms with Gasteiger partial charge in [-0.15, -0.1) is 0 Å². The summed E-state index contributed by atoms with van der Waals surface area (Å²) in [6.45, 7) is 5.14. The van der Waals surface area contributed by atoms with Gasteiger partial charge in [0.2, 0.25) is 5.91 Å². The zero-order valence-electron chi connectivity index (χ0n) is 15.8. The molecule has 4 nitrogen and oxygen atoms in total. The average Bonchev–Trinajstić information content (AvgIpc) is 2.68. The summed E-state index contributed by atoms with van der Waals surface area (Å²) in [5.41, 5.74) is 9.84. The molecule has 1 amide bonds. The van der Waals surface area contributed by atoms with Gasteiger partial charge in [-0.1, -0.05) is 44.2 Å². The highest BCUT2D eigenvalue weighted by molar-refractivity contribution is 5.82. The molecule has 0 radical (unpaired) electrons. The first-order valence-corrected chi connectivity index (χ1v) is 9.61. The van der Waals surface area contributed by atoms with Gasteiger partial charge >= 0.3 is 0 Å². The van der Waals surface area contributed by atoms with Crippen molar-refractivity contribution in [3.8, 4) is 0 Å². The number of carbonyl (C=O) groups is 1. The monoisotopic (exact) mass is 351 g/mol. The van der Waals surface area contributed by atoms with E-state index in [1.165, 1.54) is 5.56 Å². The number of hydrogen-bond acceptors (Lipinski definition) is 3. The van der Waals surface area contributed by atoms with Crippen LogP contribution in [-0.4, -0.2) is 28.4 Å². The van der Waals surface area contributed by atoms with Crippen molar-refractivity contribution in [3.05, 3.63) is 65.5 Å². The van der Waals surface area contributed by atoms with Crippen molar-refractivity contribution < 1.29 is 4.79 Å². The highest BCUT2D eigenvalue weighted by atomic mass is 16.2. The van der Waals surface area contributed by atoms with Crippen molar-refractivity contribution in [2.24, 2.45) is 5.73 Å². The fourth-order valence-electron chi connectivity index (χ4n) is 3.71. The smallest absolute Gasteiger partial charge is 0.240 e. The van der Waals surface area contributed by atoms with E-state index in [-0.39, 0.29) is 11.9 Å². The molecule has 0 bridgehead atoms. The zero-order valence-corrected chi connectivity index (χ0v) is 15.8. The molecule has 1 saturated heterocycles. The number of hydrogen-bond donors (Lipinski definition) is 1. The molecule has 1 aromatic heterocycles. The lowest BCUT2D eigenvalue weighted by molar-refractivity contribution is -0.136. The van der Waals surface area contributed by atoms with E-state index in [9.17, 15) is 4.79 Å². The van der Waals surface area contributed by atoms with Gasteiger partial charge in [0.25, 0.3) is 0 Å². The predicted molar refractivity (Wildman–Crippen MR) is 105 cm³/mol. The maximum absolute atomic E-state index is 13.0. The number of likely N-dealkylation sites (tertiary alicyclic amines) is 1. The van der Waals surface area contributed by atoms with Crippen LogP contribution in [0.25, 0.3) is 0 Å². The van der Waals surface area contributed by atoms with Crippen LogP contribution in [0.5, 0.6) is 0 Å². The summed E-state index contributed by atoms with van der Waals surface area (Å²) in [5.74, 6) is 0.555. The predicted octanol–water partition coefficient (Wildman–Crippen LogP) is 3.83. The minimum Gasteiger partial charge on any atom is -0.334 e. The zero-order chi connectivity index (χ0) is 18.5. The summed E-state index contributed by atoms with van der Waals surface area (Å²) in [6, 6.07) is 12.0. The third-order valence-electron chi connectivity index (χ3n) is 5.27. The van der Waals surface area contributed by atoms with E-state index in [1.54, 1.807) is 6.20 Å². The lowest BCUT2D eigenvalue weighted by Gasteiger charge is -2.37. The largest absolute Gasteiger partial charge is 0.334 e. The van der Waals surface area contributed by atoms with Crippen molar-refractivity contribution >= 4 is 5.91 Å². The van der Waals surface area contributed by atoms with Crippen molar-refractivity contribution in [1.29, 1.82) is 0 Å². The van der Waals surface area contributed by atoms with Crippen LogP contribution in [0.4, 0.5) is 0 Å². The Kier molecular flexibility index (Phi) is 6.04. The molecule has 1 aliphatic rings. The Morgan fingerprint density at radius 1 is 1.23 bits per heavy atom. The van der Waals surface area contributed by atoms with Crippen molar-refractivity contribution in [1.82, 2.24) is 9.88 Å². The fraction of sp³-hybridized carbons (Fsp3) is 0.455. The molecule has 3 rings (SSSR count). The first kappa shape index (κ1) is 18.6. The van der Waals surface area contributed by atoms with Gasteiger partial charge in [-0.05, 0) is 54.4 Å². The van der Waals surface area contributed by atoms with Crippen LogP contribution in [-0.2, 0) is 11.2 Å². The van der Waals surface area contributed by atoms with Crippen molar-refractivity contribution in [2.45, 2.75) is 57.5 Å². The molecule has 2 aromatic rings. The van der Waals surface area contributed by atoms with Crippen molar-refractivity contribution in [2.75, 3.05) is 6.54 Å². The van der Waals surface area contributed by atoms with E-state index in [1.807, 2.05) is 17.2 Å². The quantitative estimate of drug-likeness (QED) is 0.890. The summed E-state index contributed by atoms with van der Waals surface area (Å²) >= 11 is 0. The lowest BCUT2D eigenvalue weighted by Crippen LogP contribution is -2.48. The Morgan fingerprint density at radius 2 is 2.00 bits per heavy atom. The Morgan fingerprint density at radius 3 is 2.65 bits per heavy atom. The Bertz CT molecular complexity index is 712. The molecule has 1 aromatic carbocycles. The van der Waals surface area contributed by atoms with Crippen LogP contribution in [0.2, 0.25) is 0 Å². The van der Waals surface area contributed by atoms with E-state index in [2.05, 4.69) is 49.2 Å². The highest BCUT2D eigenvalue weighted by Crippen LogP contribution is 2.31.